The molecule has 1 aliphatic heterocycles. The van der Waals surface area contributed by atoms with E-state index < -0.39 is 15.8 Å². The summed E-state index contributed by atoms with van der Waals surface area (Å²) in [4.78, 5) is 12.4. The van der Waals surface area contributed by atoms with Gasteiger partial charge in [0.15, 0.2) is 0 Å². The molecule has 1 fully saturated rings. The summed E-state index contributed by atoms with van der Waals surface area (Å²) in [5.74, 6) is -0.616. The highest BCUT2D eigenvalue weighted by Crippen LogP contribution is 2.29. The second-order valence-corrected chi connectivity index (χ2v) is 8.59. The highest BCUT2D eigenvalue weighted by atomic mass is 32.2. The van der Waals surface area contributed by atoms with Gasteiger partial charge in [0.2, 0.25) is 15.9 Å². The molecule has 0 saturated carbocycles. The smallest absolute Gasteiger partial charge is 0.246 e. The van der Waals surface area contributed by atoms with Crippen molar-refractivity contribution in [3.05, 3.63) is 53.3 Å². The van der Waals surface area contributed by atoms with Crippen LogP contribution in [0.3, 0.4) is 0 Å². The lowest BCUT2D eigenvalue weighted by molar-refractivity contribution is -0.115. The van der Waals surface area contributed by atoms with Gasteiger partial charge in [0, 0.05) is 18.8 Å². The molecule has 0 radical (unpaired) electrons. The van der Waals surface area contributed by atoms with Gasteiger partial charge >= 0.3 is 0 Å². The maximum atomic E-state index is 13.4. The number of halogens is 1. The summed E-state index contributed by atoms with van der Waals surface area (Å²) in [6.45, 7) is 2.94. The summed E-state index contributed by atoms with van der Waals surface area (Å²) >= 11 is 0. The quantitative estimate of drug-likeness (QED) is 0.773. The van der Waals surface area contributed by atoms with Crippen LogP contribution in [0.15, 0.2) is 41.3 Å². The zero-order chi connectivity index (χ0) is 21.0. The van der Waals surface area contributed by atoms with Gasteiger partial charge in [0.05, 0.1) is 26.7 Å². The number of anilines is 1. The first-order valence-corrected chi connectivity index (χ1v) is 10.6. The van der Waals surface area contributed by atoms with Crippen molar-refractivity contribution < 1.29 is 27.1 Å². The van der Waals surface area contributed by atoms with Crippen LogP contribution in [0.5, 0.6) is 5.75 Å². The molecule has 9 heteroatoms. The number of hydrogen-bond donors (Lipinski definition) is 1. The third-order valence-corrected chi connectivity index (χ3v) is 6.57. The molecule has 7 nitrogen and oxygen atoms in total. The Morgan fingerprint density at radius 2 is 1.93 bits per heavy atom. The summed E-state index contributed by atoms with van der Waals surface area (Å²) in [5, 5.41) is 2.66. The lowest BCUT2D eigenvalue weighted by Crippen LogP contribution is -2.40. The van der Waals surface area contributed by atoms with Crippen molar-refractivity contribution in [2.75, 3.05) is 38.7 Å². The van der Waals surface area contributed by atoms with Crippen molar-refractivity contribution >= 4 is 21.6 Å². The molecule has 0 aromatic heterocycles. The van der Waals surface area contributed by atoms with Crippen LogP contribution < -0.4 is 10.1 Å². The zero-order valence-corrected chi connectivity index (χ0v) is 17.1. The second-order valence-electron chi connectivity index (χ2n) is 6.69. The second kappa shape index (κ2) is 8.89. The molecule has 156 valence electrons. The normalized spacial score (nSPS) is 15.1. The first-order chi connectivity index (χ1) is 13.8. The standard InChI is InChI=1S/C20H23FN2O5S/c1-14-3-5-16(21)13-17(14)22-20(24)12-15-4-6-18(27-2)19(11-15)29(25,26)23-7-9-28-10-8-23/h3-6,11,13H,7-10,12H2,1-2H3,(H,22,24). The number of amides is 1. The Kier molecular flexibility index (Phi) is 6.51. The van der Waals surface area contributed by atoms with Gasteiger partial charge in [0.25, 0.3) is 0 Å². The fourth-order valence-corrected chi connectivity index (χ4v) is 4.68. The number of nitrogens with zero attached hydrogens (tertiary/aromatic N) is 1. The number of nitrogens with one attached hydrogen (secondary N) is 1. The number of hydrogen-bond acceptors (Lipinski definition) is 5. The number of aryl methyl sites for hydroxylation is 1. The molecule has 0 unspecified atom stereocenters. The molecule has 1 N–H and O–H groups in total. The van der Waals surface area contributed by atoms with Crippen LogP contribution in [0.2, 0.25) is 0 Å². The van der Waals surface area contributed by atoms with Crippen LogP contribution in [-0.2, 0) is 26.0 Å². The Hall–Kier alpha value is -2.49. The van der Waals surface area contributed by atoms with Crippen LogP contribution >= 0.6 is 0 Å². The van der Waals surface area contributed by atoms with Crippen molar-refractivity contribution in [2.24, 2.45) is 0 Å². The number of ether oxygens (including phenoxy) is 2. The molecule has 2 aromatic rings. The van der Waals surface area contributed by atoms with E-state index in [2.05, 4.69) is 5.32 Å². The lowest BCUT2D eigenvalue weighted by Gasteiger charge is -2.26. The minimum absolute atomic E-state index is 0.00846. The molecular weight excluding hydrogens is 399 g/mol. The number of methoxy groups -OCH3 is 1. The van der Waals surface area contributed by atoms with Gasteiger partial charge in [-0.05, 0) is 42.3 Å². The number of rotatable bonds is 6. The first-order valence-electron chi connectivity index (χ1n) is 9.12. The van der Waals surface area contributed by atoms with E-state index in [0.29, 0.717) is 24.5 Å². The molecule has 3 rings (SSSR count). The molecule has 0 bridgehead atoms. The Morgan fingerprint density at radius 3 is 2.62 bits per heavy atom. The third kappa shape index (κ3) is 4.92. The van der Waals surface area contributed by atoms with E-state index in [-0.39, 0.29) is 36.1 Å². The topological polar surface area (TPSA) is 84.9 Å². The Bertz CT molecular complexity index is 1000. The molecule has 1 aliphatic rings. The van der Waals surface area contributed by atoms with Crippen molar-refractivity contribution in [1.82, 2.24) is 4.31 Å². The van der Waals surface area contributed by atoms with Crippen LogP contribution in [-0.4, -0.2) is 52.0 Å². The molecule has 1 amide bonds. The van der Waals surface area contributed by atoms with E-state index in [1.807, 2.05) is 0 Å². The van der Waals surface area contributed by atoms with Crippen molar-refractivity contribution in [3.63, 3.8) is 0 Å². The number of carbonyl (C=O) groups excluding carboxylic acids is 1. The van der Waals surface area contributed by atoms with E-state index in [0.717, 1.165) is 5.56 Å². The Labute approximate surface area is 169 Å². The van der Waals surface area contributed by atoms with E-state index in [1.54, 1.807) is 19.1 Å². The summed E-state index contributed by atoms with van der Waals surface area (Å²) in [7, 11) is -2.39. The first kappa shape index (κ1) is 21.2. The predicted octanol–water partition coefficient (Wildman–Crippen LogP) is 2.34. The fourth-order valence-electron chi connectivity index (χ4n) is 3.07. The molecular formula is C20H23FN2O5S. The van der Waals surface area contributed by atoms with Gasteiger partial charge in [-0.2, -0.15) is 4.31 Å². The SMILES string of the molecule is COc1ccc(CC(=O)Nc2cc(F)ccc2C)cc1S(=O)(=O)N1CCOCC1. The molecule has 1 saturated heterocycles. The van der Waals surface area contributed by atoms with Gasteiger partial charge in [-0.3, -0.25) is 4.79 Å². The van der Waals surface area contributed by atoms with Crippen molar-refractivity contribution in [3.8, 4) is 5.75 Å². The average Bonchev–Trinajstić information content (AvgIpc) is 2.71. The van der Waals surface area contributed by atoms with Crippen molar-refractivity contribution in [2.45, 2.75) is 18.2 Å². The molecule has 29 heavy (non-hydrogen) atoms. The zero-order valence-electron chi connectivity index (χ0n) is 16.3. The maximum Gasteiger partial charge on any atom is 0.246 e. The summed E-state index contributed by atoms with van der Waals surface area (Å²) in [6, 6.07) is 8.75. The average molecular weight is 422 g/mol. The van der Waals surface area contributed by atoms with Gasteiger partial charge in [-0.1, -0.05) is 12.1 Å². The van der Waals surface area contributed by atoms with Gasteiger partial charge < -0.3 is 14.8 Å². The van der Waals surface area contributed by atoms with Gasteiger partial charge in [-0.25, -0.2) is 12.8 Å². The molecule has 0 aliphatic carbocycles. The highest BCUT2D eigenvalue weighted by Gasteiger charge is 2.29. The summed E-state index contributed by atoms with van der Waals surface area (Å²) in [5.41, 5.74) is 1.61. The Morgan fingerprint density at radius 1 is 1.21 bits per heavy atom. The molecule has 0 spiro atoms. The van der Waals surface area contributed by atoms with E-state index in [9.17, 15) is 17.6 Å². The monoisotopic (exact) mass is 422 g/mol. The van der Waals surface area contributed by atoms with E-state index in [1.165, 1.54) is 35.7 Å². The Balaban J connectivity index is 1.82. The molecule has 1 heterocycles. The largest absolute Gasteiger partial charge is 0.495 e. The minimum Gasteiger partial charge on any atom is -0.495 e. The van der Waals surface area contributed by atoms with Crippen LogP contribution in [0, 0.1) is 12.7 Å². The van der Waals surface area contributed by atoms with Crippen molar-refractivity contribution in [1.29, 1.82) is 0 Å². The van der Waals surface area contributed by atoms with Crippen LogP contribution in [0.1, 0.15) is 11.1 Å². The number of benzene rings is 2. The summed E-state index contributed by atoms with van der Waals surface area (Å²) in [6.07, 6.45) is -0.0639. The van der Waals surface area contributed by atoms with Crippen LogP contribution in [0.25, 0.3) is 0 Å². The predicted molar refractivity (Wildman–Crippen MR) is 106 cm³/mol. The third-order valence-electron chi connectivity index (χ3n) is 4.65. The molecule has 2 aromatic carbocycles. The minimum atomic E-state index is -3.79. The highest BCUT2D eigenvalue weighted by molar-refractivity contribution is 7.89. The lowest BCUT2D eigenvalue weighted by atomic mass is 10.1. The number of carbonyl (C=O) groups is 1. The van der Waals surface area contributed by atoms with Gasteiger partial charge in [0.1, 0.15) is 16.5 Å². The summed E-state index contributed by atoms with van der Waals surface area (Å²) < 4.78 is 51.3. The maximum absolute atomic E-state index is 13.4. The fraction of sp³-hybridized carbons (Fsp3) is 0.350. The number of morpholine rings is 1. The van der Waals surface area contributed by atoms with E-state index in [4.69, 9.17) is 9.47 Å². The van der Waals surface area contributed by atoms with Gasteiger partial charge in [-0.15, -0.1) is 0 Å². The number of sulfonamides is 1. The van der Waals surface area contributed by atoms with Crippen LogP contribution in [0.4, 0.5) is 10.1 Å². The molecule has 0 atom stereocenters. The van der Waals surface area contributed by atoms with E-state index >= 15 is 0 Å².